The quantitative estimate of drug-likeness (QED) is 0.520. The van der Waals surface area contributed by atoms with Crippen molar-refractivity contribution in [1.29, 1.82) is 0 Å². The van der Waals surface area contributed by atoms with Crippen molar-refractivity contribution < 1.29 is 25.8 Å². The third-order valence-corrected chi connectivity index (χ3v) is 0. The monoisotopic (exact) mass is 284 g/mol. The van der Waals surface area contributed by atoms with Crippen LogP contribution in [0.2, 0.25) is 0 Å². The van der Waals surface area contributed by atoms with E-state index >= 15 is 0 Å². The van der Waals surface area contributed by atoms with Crippen molar-refractivity contribution in [2.24, 2.45) is 0 Å². The summed E-state index contributed by atoms with van der Waals surface area (Å²) in [7, 11) is 0. The molecule has 0 unspecified atom stereocenters. The first-order chi connectivity index (χ1) is 0. The van der Waals surface area contributed by atoms with Gasteiger partial charge in [0.05, 0.1) is 0 Å². The Hall–Kier alpha value is 1.67. The Kier molecular flexibility index (Phi) is 251. The fraction of sp³-hybridized carbons (Fsp3) is 0. The first-order valence-electron chi connectivity index (χ1n) is 0. The summed E-state index contributed by atoms with van der Waals surface area (Å²) >= 11 is 0. The van der Waals surface area contributed by atoms with Gasteiger partial charge in [-0.3, -0.25) is 0 Å². The number of rotatable bonds is 0. The minimum atomic E-state index is 0. The predicted molar refractivity (Wildman–Crippen MR) is 25.8 cm³/mol. The Bertz CT molecular complexity index is 6.00. The van der Waals surface area contributed by atoms with E-state index in [4.69, 9.17) is 0 Å². The largest absolute Gasteiger partial charge is 0.147 e. The van der Waals surface area contributed by atoms with Crippen molar-refractivity contribution >= 4 is 35.8 Å². The molecule has 0 rings (SSSR count). The minimum absolute atomic E-state index is 0. The van der Waals surface area contributed by atoms with Gasteiger partial charge in [-0.2, -0.15) is 0 Å². The van der Waals surface area contributed by atoms with Gasteiger partial charge in [0.15, 0.2) is 0 Å². The molecule has 0 radical (unpaired) electrons. The molecule has 0 N–H and O–H groups in total. The summed E-state index contributed by atoms with van der Waals surface area (Å²) in [6.45, 7) is 0. The van der Waals surface area contributed by atoms with Crippen LogP contribution in [-0.2, 0) is 25.8 Å². The van der Waals surface area contributed by atoms with Crippen LogP contribution < -0.4 is 0 Å². The first kappa shape index (κ1) is 44.4. The molecule has 0 amide bonds. The van der Waals surface area contributed by atoms with E-state index in [1.807, 2.05) is 0 Å². The van der Waals surface area contributed by atoms with Gasteiger partial charge >= 0.3 is 0 Å². The van der Waals surface area contributed by atoms with E-state index in [1.165, 1.54) is 0 Å². The molecular weight excluding hydrogens is 277 g/mol. The third-order valence-electron chi connectivity index (χ3n) is 0. The molecule has 0 heterocycles. The second-order valence-electron chi connectivity index (χ2n) is 0. The average Bonchev–Trinajstić information content (AvgIpc) is 0. The molecule has 0 fully saturated rings. The maximum Gasteiger partial charge on any atom is 0 e. The summed E-state index contributed by atoms with van der Waals surface area (Å²) in [5.41, 5.74) is 0. The van der Waals surface area contributed by atoms with Crippen molar-refractivity contribution in [3.63, 3.8) is 0 Å². The molecule has 4 heteroatoms. The Morgan fingerprint density at radius 2 is 0.750 bits per heavy atom. The van der Waals surface area contributed by atoms with Crippen LogP contribution in [-0.4, -0.2) is 11.0 Å². The van der Waals surface area contributed by atoms with Gasteiger partial charge in [0.1, 0.15) is 0 Å². The van der Waals surface area contributed by atoms with E-state index in [0.717, 1.165) is 0 Å². The van der Waals surface area contributed by atoms with Crippen LogP contribution in [0.25, 0.3) is 0 Å². The Morgan fingerprint density at radius 1 is 0.750 bits per heavy atom. The average molecular weight is 284 g/mol. The van der Waals surface area contributed by atoms with E-state index in [0.29, 0.717) is 0 Å². The summed E-state index contributed by atoms with van der Waals surface area (Å²) in [4.78, 5) is 0. The normalized spacial score (nSPS) is 0. The maximum atomic E-state index is 0. The summed E-state index contributed by atoms with van der Waals surface area (Å²) < 4.78 is 0. The van der Waals surface area contributed by atoms with Gasteiger partial charge in [-0.05, 0) is 11.0 Å². The van der Waals surface area contributed by atoms with E-state index < -0.39 is 0 Å². The van der Waals surface area contributed by atoms with Gasteiger partial charge < -0.3 is 0 Å². The number of hydrogen-bond donors (Lipinski definition) is 0. The topological polar surface area (TPSA) is 0 Å². The van der Waals surface area contributed by atoms with Crippen molar-refractivity contribution in [3.05, 3.63) is 0 Å². The Labute approximate surface area is 61.4 Å². The second-order valence-corrected chi connectivity index (χ2v) is 0. The van der Waals surface area contributed by atoms with Crippen LogP contribution in [0, 0.1) is 0 Å². The molecule has 0 aliphatic carbocycles. The van der Waals surface area contributed by atoms with Crippen LogP contribution >= 0.6 is 24.8 Å². The summed E-state index contributed by atoms with van der Waals surface area (Å²) in [6.07, 6.45) is 0. The molecule has 0 bridgehead atoms. The zero-order chi connectivity index (χ0) is 0. The number of hydrogen-bond acceptors (Lipinski definition) is 0. The zero-order valence-corrected chi connectivity index (χ0v) is 6.54. The van der Waals surface area contributed by atoms with Gasteiger partial charge in [0.25, 0.3) is 0 Å². The van der Waals surface area contributed by atoms with Gasteiger partial charge in [-0.15, -0.1) is 24.8 Å². The smallest absolute Gasteiger partial charge is 0 e. The van der Waals surface area contributed by atoms with E-state index in [9.17, 15) is 0 Å². The molecule has 0 aliphatic heterocycles. The molecule has 0 aliphatic rings. The second kappa shape index (κ2) is 22.6. The molecule has 4 heavy (non-hydrogen) atoms. The standard InChI is InChI=1S/2ClH.Hf.H4Si/h2*1H;;1H4. The van der Waals surface area contributed by atoms with Gasteiger partial charge in [-0.25, -0.2) is 0 Å². The van der Waals surface area contributed by atoms with Crippen molar-refractivity contribution in [3.8, 4) is 0 Å². The Morgan fingerprint density at radius 3 is 0.750 bits per heavy atom. The van der Waals surface area contributed by atoms with Crippen LogP contribution in [0.5, 0.6) is 0 Å². The maximum absolute atomic E-state index is 0. The van der Waals surface area contributed by atoms with Crippen molar-refractivity contribution in [2.45, 2.75) is 0 Å². The molecule has 0 atom stereocenters. The van der Waals surface area contributed by atoms with Crippen molar-refractivity contribution in [2.75, 3.05) is 0 Å². The van der Waals surface area contributed by atoms with E-state index in [1.54, 1.807) is 0 Å². The molecular formula is H6Cl2HfSi. The van der Waals surface area contributed by atoms with Crippen LogP contribution in [0.4, 0.5) is 0 Å². The summed E-state index contributed by atoms with van der Waals surface area (Å²) in [5, 5.41) is 0. The summed E-state index contributed by atoms with van der Waals surface area (Å²) in [5.74, 6) is 0. The third kappa shape index (κ3) is 9.39. The number of halogens is 2. The van der Waals surface area contributed by atoms with E-state index in [2.05, 4.69) is 0 Å². The molecule has 0 spiro atoms. The SMILES string of the molecule is Cl.Cl.[Hf].[SiH4]. The van der Waals surface area contributed by atoms with Crippen LogP contribution in [0.15, 0.2) is 0 Å². The molecule has 0 aromatic carbocycles. The minimum Gasteiger partial charge on any atom is -0.147 e. The molecule has 0 aromatic rings. The van der Waals surface area contributed by atoms with Crippen LogP contribution in [0.3, 0.4) is 0 Å². The zero-order valence-electron chi connectivity index (χ0n) is 1.32. The molecule has 0 aromatic heterocycles. The first-order valence-corrected chi connectivity index (χ1v) is 0. The summed E-state index contributed by atoms with van der Waals surface area (Å²) in [6, 6.07) is 0. The molecule has 28 valence electrons. The molecule has 0 saturated heterocycles. The van der Waals surface area contributed by atoms with E-state index in [-0.39, 0.29) is 61.6 Å². The fourth-order valence-electron chi connectivity index (χ4n) is 0. The Balaban J connectivity index is 0. The predicted octanol–water partition coefficient (Wildman–Crippen LogP) is -0.611. The van der Waals surface area contributed by atoms with Crippen molar-refractivity contribution in [1.82, 2.24) is 0 Å². The van der Waals surface area contributed by atoms with Crippen LogP contribution in [0.1, 0.15) is 0 Å². The van der Waals surface area contributed by atoms with Gasteiger partial charge in [0, 0.05) is 25.8 Å². The van der Waals surface area contributed by atoms with Gasteiger partial charge in [0.2, 0.25) is 0 Å². The van der Waals surface area contributed by atoms with Gasteiger partial charge in [-0.1, -0.05) is 0 Å². The molecule has 0 nitrogen and oxygen atoms in total. The molecule has 0 saturated carbocycles. The fourth-order valence-corrected chi connectivity index (χ4v) is 0.